The molecule has 0 aliphatic heterocycles. The lowest BCUT2D eigenvalue weighted by Crippen LogP contribution is -2.15. The minimum absolute atomic E-state index is 0.169. The number of anilines is 1. The van der Waals surface area contributed by atoms with Gasteiger partial charge in [-0.3, -0.25) is 19.8 Å². The van der Waals surface area contributed by atoms with E-state index in [0.717, 1.165) is 12.1 Å². The highest BCUT2D eigenvalue weighted by atomic mass is 79.9. The van der Waals surface area contributed by atoms with Gasteiger partial charge in [-0.15, -0.1) is 0 Å². The van der Waals surface area contributed by atoms with Crippen LogP contribution in [-0.2, 0) is 10.0 Å². The van der Waals surface area contributed by atoms with Crippen LogP contribution < -0.4 is 4.72 Å². The smallest absolute Gasteiger partial charge is 0.272 e. The zero-order chi connectivity index (χ0) is 15.6. The molecule has 0 atom stereocenters. The van der Waals surface area contributed by atoms with Gasteiger partial charge in [-0.05, 0) is 28.1 Å². The van der Waals surface area contributed by atoms with Crippen molar-refractivity contribution >= 4 is 37.3 Å². The number of nitro groups is 1. The van der Waals surface area contributed by atoms with Crippen LogP contribution in [0.5, 0.6) is 0 Å². The molecule has 0 unspecified atom stereocenters. The molecule has 1 heterocycles. The number of nitrogens with zero attached hydrogens (tertiary/aromatic N) is 2. The summed E-state index contributed by atoms with van der Waals surface area (Å²) in [6, 6.07) is 3.69. The van der Waals surface area contributed by atoms with Gasteiger partial charge in [-0.1, -0.05) is 0 Å². The molecular weight excluding hydrogens is 369 g/mol. The number of rotatable bonds is 4. The Hall–Kier alpha value is -2.07. The number of nitrogens with one attached hydrogen (secondary N) is 1. The van der Waals surface area contributed by atoms with E-state index in [1.165, 1.54) is 18.5 Å². The number of halogens is 2. The van der Waals surface area contributed by atoms with E-state index in [1.807, 2.05) is 0 Å². The Balaban J connectivity index is 2.41. The third-order valence-corrected chi connectivity index (χ3v) is 4.46. The van der Waals surface area contributed by atoms with Crippen LogP contribution in [0.15, 0.2) is 46.0 Å². The number of nitro benzene ring substituents is 1. The van der Waals surface area contributed by atoms with E-state index in [1.54, 1.807) is 0 Å². The molecule has 0 aliphatic carbocycles. The molecule has 0 radical (unpaired) electrons. The summed E-state index contributed by atoms with van der Waals surface area (Å²) in [5.41, 5.74) is -0.362. The van der Waals surface area contributed by atoms with Gasteiger partial charge in [-0.2, -0.15) is 0 Å². The fraction of sp³-hybridized carbons (Fsp3) is 0. The quantitative estimate of drug-likeness (QED) is 0.653. The third-order valence-electron chi connectivity index (χ3n) is 2.43. The van der Waals surface area contributed by atoms with Crippen LogP contribution in [0.1, 0.15) is 0 Å². The second-order valence-electron chi connectivity index (χ2n) is 3.83. The zero-order valence-corrected chi connectivity index (χ0v) is 12.6. The van der Waals surface area contributed by atoms with Gasteiger partial charge in [0.05, 0.1) is 21.1 Å². The van der Waals surface area contributed by atoms with Crippen LogP contribution >= 0.6 is 15.9 Å². The largest absolute Gasteiger partial charge is 0.278 e. The van der Waals surface area contributed by atoms with Crippen LogP contribution in [-0.4, -0.2) is 18.3 Å². The van der Waals surface area contributed by atoms with E-state index in [-0.39, 0.29) is 5.69 Å². The molecule has 1 aromatic heterocycles. The SMILES string of the molecule is O=[N+]([O-])c1ccc(S(=O)(=O)Nc2ccncc2Br)c(F)c1. The topological polar surface area (TPSA) is 102 Å². The first-order chi connectivity index (χ1) is 9.81. The molecule has 110 valence electrons. The summed E-state index contributed by atoms with van der Waals surface area (Å²) in [7, 11) is -4.21. The van der Waals surface area contributed by atoms with Gasteiger partial charge in [0.25, 0.3) is 15.7 Å². The Morgan fingerprint density at radius 1 is 1.33 bits per heavy atom. The summed E-state index contributed by atoms with van der Waals surface area (Å²) >= 11 is 3.10. The van der Waals surface area contributed by atoms with Crippen molar-refractivity contribution in [2.45, 2.75) is 4.90 Å². The predicted octanol–water partition coefficient (Wildman–Crippen LogP) is 2.69. The minimum Gasteiger partial charge on any atom is -0.278 e. The molecule has 2 rings (SSSR count). The second-order valence-corrected chi connectivity index (χ2v) is 6.34. The van der Waals surface area contributed by atoms with Gasteiger partial charge in [-0.25, -0.2) is 12.8 Å². The fourth-order valence-electron chi connectivity index (χ4n) is 1.48. The van der Waals surface area contributed by atoms with Crippen molar-refractivity contribution in [2.24, 2.45) is 0 Å². The van der Waals surface area contributed by atoms with Gasteiger partial charge in [0.15, 0.2) is 5.82 Å². The fourth-order valence-corrected chi connectivity index (χ4v) is 3.10. The average molecular weight is 376 g/mol. The van der Waals surface area contributed by atoms with Gasteiger partial charge in [0.1, 0.15) is 4.90 Å². The molecule has 0 saturated carbocycles. The van der Waals surface area contributed by atoms with Crippen molar-refractivity contribution in [1.29, 1.82) is 0 Å². The minimum atomic E-state index is -4.21. The summed E-state index contributed by atoms with van der Waals surface area (Å²) < 4.78 is 40.5. The Bertz CT molecular complexity index is 813. The number of benzene rings is 1. The number of hydrogen-bond donors (Lipinski definition) is 1. The second kappa shape index (κ2) is 5.74. The first kappa shape index (κ1) is 15.3. The lowest BCUT2D eigenvalue weighted by atomic mass is 10.3. The molecule has 0 spiro atoms. The number of sulfonamides is 1. The standard InChI is InChI=1S/C11H7BrFN3O4S/c12-8-6-14-4-3-10(8)15-21(19,20)11-2-1-7(16(17)18)5-9(11)13/h1-6H,(H,14,15). The van der Waals surface area contributed by atoms with Gasteiger partial charge < -0.3 is 0 Å². The number of non-ortho nitro benzene ring substituents is 1. The van der Waals surface area contributed by atoms with Crippen LogP contribution in [0, 0.1) is 15.9 Å². The summed E-state index contributed by atoms with van der Waals surface area (Å²) in [5, 5.41) is 10.5. The summed E-state index contributed by atoms with van der Waals surface area (Å²) in [6.07, 6.45) is 2.72. The Morgan fingerprint density at radius 3 is 2.62 bits per heavy atom. The molecule has 7 nitrogen and oxygen atoms in total. The van der Waals surface area contributed by atoms with E-state index in [9.17, 15) is 22.9 Å². The van der Waals surface area contributed by atoms with Crippen LogP contribution in [0.4, 0.5) is 15.8 Å². The van der Waals surface area contributed by atoms with Gasteiger partial charge >= 0.3 is 0 Å². The van der Waals surface area contributed by atoms with E-state index in [4.69, 9.17) is 0 Å². The first-order valence-corrected chi connectivity index (χ1v) is 7.65. The molecule has 0 fully saturated rings. The van der Waals surface area contributed by atoms with Crippen LogP contribution in [0.25, 0.3) is 0 Å². The van der Waals surface area contributed by atoms with Crippen molar-refractivity contribution in [3.05, 3.63) is 57.1 Å². The van der Waals surface area contributed by atoms with E-state index in [0.29, 0.717) is 10.5 Å². The molecule has 10 heteroatoms. The molecular formula is C11H7BrFN3O4S. The number of pyridine rings is 1. The maximum Gasteiger partial charge on any atom is 0.272 e. The van der Waals surface area contributed by atoms with E-state index in [2.05, 4.69) is 25.6 Å². The normalized spacial score (nSPS) is 11.1. The van der Waals surface area contributed by atoms with Crippen molar-refractivity contribution in [2.75, 3.05) is 4.72 Å². The van der Waals surface area contributed by atoms with Crippen molar-refractivity contribution in [3.8, 4) is 0 Å². The molecule has 0 aliphatic rings. The summed E-state index contributed by atoms with van der Waals surface area (Å²) in [6.45, 7) is 0. The highest BCUT2D eigenvalue weighted by molar-refractivity contribution is 9.10. The monoisotopic (exact) mass is 375 g/mol. The van der Waals surface area contributed by atoms with E-state index >= 15 is 0 Å². The Morgan fingerprint density at radius 2 is 2.05 bits per heavy atom. The molecule has 2 aromatic rings. The van der Waals surface area contributed by atoms with E-state index < -0.39 is 31.3 Å². The highest BCUT2D eigenvalue weighted by Crippen LogP contribution is 2.26. The summed E-state index contributed by atoms with van der Waals surface area (Å²) in [5.74, 6) is -1.21. The lowest BCUT2D eigenvalue weighted by molar-refractivity contribution is -0.385. The zero-order valence-electron chi connectivity index (χ0n) is 10.2. The number of aromatic nitrogens is 1. The Labute approximate surface area is 127 Å². The maximum atomic E-state index is 13.8. The van der Waals surface area contributed by atoms with Gasteiger partial charge in [0.2, 0.25) is 0 Å². The van der Waals surface area contributed by atoms with Gasteiger partial charge in [0, 0.05) is 18.5 Å². The predicted molar refractivity (Wildman–Crippen MR) is 75.8 cm³/mol. The molecule has 1 aromatic carbocycles. The summed E-state index contributed by atoms with van der Waals surface area (Å²) in [4.78, 5) is 12.8. The molecule has 21 heavy (non-hydrogen) atoms. The van der Waals surface area contributed by atoms with Crippen molar-refractivity contribution < 1.29 is 17.7 Å². The third kappa shape index (κ3) is 3.34. The van der Waals surface area contributed by atoms with Crippen molar-refractivity contribution in [3.63, 3.8) is 0 Å². The van der Waals surface area contributed by atoms with Crippen LogP contribution in [0.3, 0.4) is 0 Å². The molecule has 0 saturated heterocycles. The van der Waals surface area contributed by atoms with Crippen LogP contribution in [0.2, 0.25) is 0 Å². The molecule has 0 bridgehead atoms. The lowest BCUT2D eigenvalue weighted by Gasteiger charge is -2.09. The maximum absolute atomic E-state index is 13.8. The number of hydrogen-bond acceptors (Lipinski definition) is 5. The Kier molecular flexibility index (Phi) is 4.19. The molecule has 0 amide bonds. The first-order valence-electron chi connectivity index (χ1n) is 5.37. The highest BCUT2D eigenvalue weighted by Gasteiger charge is 2.22. The average Bonchev–Trinajstić information content (AvgIpc) is 2.40. The van der Waals surface area contributed by atoms with Crippen molar-refractivity contribution in [1.82, 2.24) is 4.98 Å². The molecule has 1 N–H and O–H groups in total.